The van der Waals surface area contributed by atoms with Gasteiger partial charge in [0.2, 0.25) is 11.8 Å². The zero-order chi connectivity index (χ0) is 35.8. The van der Waals surface area contributed by atoms with Crippen LogP contribution in [0.5, 0.6) is 11.5 Å². The maximum Gasteiger partial charge on any atom is 0.258 e. The zero-order valence-electron chi connectivity index (χ0n) is 27.8. The van der Waals surface area contributed by atoms with Crippen LogP contribution in [0.4, 0.5) is 10.1 Å². The molecule has 0 spiro atoms. The van der Waals surface area contributed by atoms with E-state index in [1.54, 1.807) is 12.1 Å². The Morgan fingerprint density at radius 3 is 2.29 bits per heavy atom. The Hall–Kier alpha value is -4.25. The second-order valence-electron chi connectivity index (χ2n) is 14.2. The molecule has 8 rings (SSSR count). The van der Waals surface area contributed by atoms with E-state index >= 15 is 0 Å². The number of methoxy groups -OCH3 is 1. The number of carbonyl (C=O) groups is 4. The molecular formula is C39H36Cl2FN3O6. The van der Waals surface area contributed by atoms with Crippen molar-refractivity contribution in [1.82, 2.24) is 9.80 Å². The molecule has 0 bridgehead atoms. The summed E-state index contributed by atoms with van der Waals surface area (Å²) >= 11 is 14.9. The van der Waals surface area contributed by atoms with Crippen LogP contribution < -0.4 is 9.64 Å². The average Bonchev–Trinajstić information content (AvgIpc) is 3.47. The van der Waals surface area contributed by atoms with Crippen molar-refractivity contribution in [3.63, 3.8) is 0 Å². The monoisotopic (exact) mass is 731 g/mol. The standard InChI is InChI=1S/C39H36Cl2FN3O6/c1-51-26-11-14-31(46)29(19-26)33-27-12-13-28-32(35(48)44(34(28)47)25-15-17-43(18-16-25)21-22-5-3-2-4-6-22)30(27)20-38(40)36(49)45(37(50)39(33,38)41)24-9-7-23(42)8-10-24/h2-12,14,19,25,28,30,32-33,46H,13,15-18,20-21H2,1H3. The molecule has 3 aliphatic heterocycles. The van der Waals surface area contributed by atoms with Gasteiger partial charge in [-0.1, -0.05) is 42.0 Å². The van der Waals surface area contributed by atoms with E-state index in [4.69, 9.17) is 27.9 Å². The van der Waals surface area contributed by atoms with Crippen molar-refractivity contribution < 1.29 is 33.4 Å². The molecule has 3 heterocycles. The average molecular weight is 733 g/mol. The van der Waals surface area contributed by atoms with Crippen LogP contribution in [0.15, 0.2) is 84.4 Å². The van der Waals surface area contributed by atoms with Crippen molar-refractivity contribution in [3.05, 3.63) is 101 Å². The smallest absolute Gasteiger partial charge is 0.258 e. The largest absolute Gasteiger partial charge is 0.508 e. The lowest BCUT2D eigenvalue weighted by molar-refractivity contribution is -0.144. The normalized spacial score (nSPS) is 31.0. The van der Waals surface area contributed by atoms with Gasteiger partial charge in [-0.3, -0.25) is 29.0 Å². The summed E-state index contributed by atoms with van der Waals surface area (Å²) < 4.78 is 19.4. The van der Waals surface area contributed by atoms with Gasteiger partial charge in [-0.15, -0.1) is 23.2 Å². The number of aromatic hydroxyl groups is 1. The van der Waals surface area contributed by atoms with Crippen molar-refractivity contribution in [2.75, 3.05) is 25.1 Å². The molecule has 0 radical (unpaired) electrons. The third-order valence-electron chi connectivity index (χ3n) is 11.6. The van der Waals surface area contributed by atoms with Crippen LogP contribution in [0.3, 0.4) is 0 Å². The first-order valence-corrected chi connectivity index (χ1v) is 18.0. The maximum absolute atomic E-state index is 14.6. The molecule has 51 heavy (non-hydrogen) atoms. The van der Waals surface area contributed by atoms with E-state index in [1.165, 1.54) is 35.8 Å². The number of hydrogen-bond acceptors (Lipinski definition) is 7. The number of alkyl halides is 2. The van der Waals surface area contributed by atoms with E-state index in [1.807, 2.05) is 24.3 Å². The summed E-state index contributed by atoms with van der Waals surface area (Å²) in [6, 6.07) is 19.2. The Bertz CT molecular complexity index is 1970. The SMILES string of the molecule is COc1ccc(O)c(C2C3=CCC4C(=O)N(C5CCN(Cc6ccccc6)CC5)C(=O)C4C3CC3(Cl)C(=O)N(c4ccc(F)cc4)C(=O)C23Cl)c1. The van der Waals surface area contributed by atoms with Gasteiger partial charge in [-0.25, -0.2) is 9.29 Å². The maximum atomic E-state index is 14.6. The molecule has 3 aromatic carbocycles. The van der Waals surface area contributed by atoms with Crippen LogP contribution in [0.2, 0.25) is 0 Å². The molecule has 6 unspecified atom stereocenters. The topological polar surface area (TPSA) is 107 Å². The predicted molar refractivity (Wildman–Crippen MR) is 188 cm³/mol. The number of benzene rings is 3. The summed E-state index contributed by atoms with van der Waals surface area (Å²) in [5.41, 5.74) is 2.05. The van der Waals surface area contributed by atoms with E-state index in [2.05, 4.69) is 17.0 Å². The van der Waals surface area contributed by atoms with Crippen LogP contribution in [0, 0.1) is 23.6 Å². The molecule has 1 saturated carbocycles. The van der Waals surface area contributed by atoms with E-state index < -0.39 is 51.1 Å². The van der Waals surface area contributed by atoms with E-state index in [-0.39, 0.29) is 47.7 Å². The van der Waals surface area contributed by atoms with E-state index in [0.717, 1.165) is 36.7 Å². The number of likely N-dealkylation sites (tertiary alicyclic amines) is 2. The number of phenolic OH excluding ortho intramolecular Hbond substituents is 1. The number of halogens is 3. The Morgan fingerprint density at radius 2 is 1.61 bits per heavy atom. The molecule has 12 heteroatoms. The Morgan fingerprint density at radius 1 is 0.902 bits per heavy atom. The third-order valence-corrected chi connectivity index (χ3v) is 13.1. The number of nitrogens with zero attached hydrogens (tertiary/aromatic N) is 3. The number of amides is 4. The Labute approximate surface area is 304 Å². The van der Waals surface area contributed by atoms with Crippen molar-refractivity contribution in [3.8, 4) is 11.5 Å². The summed E-state index contributed by atoms with van der Waals surface area (Å²) in [6.45, 7) is 2.24. The van der Waals surface area contributed by atoms with Gasteiger partial charge in [0, 0.05) is 37.2 Å². The first-order valence-electron chi connectivity index (χ1n) is 17.2. The fourth-order valence-corrected chi connectivity index (χ4v) is 10.1. The number of piperidine rings is 1. The molecule has 264 valence electrons. The number of allylic oxidation sites excluding steroid dienone is 2. The molecule has 6 atom stereocenters. The van der Waals surface area contributed by atoms with Crippen molar-refractivity contribution in [1.29, 1.82) is 0 Å². The van der Waals surface area contributed by atoms with E-state index in [0.29, 0.717) is 24.2 Å². The number of phenols is 1. The van der Waals surface area contributed by atoms with E-state index in [9.17, 15) is 28.7 Å². The summed E-state index contributed by atoms with van der Waals surface area (Å²) in [5.74, 6) is -6.03. The first-order chi connectivity index (χ1) is 24.5. The van der Waals surface area contributed by atoms with Gasteiger partial charge in [-0.05, 0) is 79.6 Å². The highest BCUT2D eigenvalue weighted by Gasteiger charge is 2.77. The molecule has 2 aliphatic carbocycles. The highest BCUT2D eigenvalue weighted by atomic mass is 35.5. The number of rotatable bonds is 6. The van der Waals surface area contributed by atoms with Gasteiger partial charge in [-0.2, -0.15) is 0 Å². The predicted octanol–water partition coefficient (Wildman–Crippen LogP) is 5.77. The second kappa shape index (κ2) is 12.5. The number of hydrogen-bond donors (Lipinski definition) is 1. The van der Waals surface area contributed by atoms with Crippen molar-refractivity contribution in [2.45, 2.75) is 53.9 Å². The molecule has 9 nitrogen and oxygen atoms in total. The number of imide groups is 2. The minimum atomic E-state index is -2.16. The summed E-state index contributed by atoms with van der Waals surface area (Å²) in [4.78, 5) is 58.1. The lowest BCUT2D eigenvalue weighted by Crippen LogP contribution is -2.60. The summed E-state index contributed by atoms with van der Waals surface area (Å²) in [6.07, 6.45) is 3.14. The lowest BCUT2D eigenvalue weighted by atomic mass is 9.56. The van der Waals surface area contributed by atoms with Gasteiger partial charge in [0.05, 0.1) is 24.6 Å². The third kappa shape index (κ3) is 5.04. The molecule has 4 fully saturated rings. The molecule has 3 saturated heterocycles. The number of carbonyl (C=O) groups excluding carboxylic acids is 4. The highest BCUT2D eigenvalue weighted by molar-refractivity contribution is 6.58. The van der Waals surface area contributed by atoms with Crippen molar-refractivity contribution in [2.24, 2.45) is 17.8 Å². The number of fused-ring (bicyclic) bond motifs is 4. The van der Waals surface area contributed by atoms with Crippen LogP contribution in [0.1, 0.15) is 42.7 Å². The van der Waals surface area contributed by atoms with Crippen LogP contribution in [0.25, 0.3) is 0 Å². The minimum absolute atomic E-state index is 0.0844. The van der Waals surface area contributed by atoms with Gasteiger partial charge in [0.15, 0.2) is 9.75 Å². The van der Waals surface area contributed by atoms with Crippen LogP contribution in [-0.2, 0) is 25.7 Å². The summed E-state index contributed by atoms with van der Waals surface area (Å²) in [5, 5.41) is 11.3. The van der Waals surface area contributed by atoms with Crippen LogP contribution in [-0.4, -0.2) is 74.5 Å². The minimum Gasteiger partial charge on any atom is -0.508 e. The first kappa shape index (κ1) is 33.9. The molecule has 0 aromatic heterocycles. The lowest BCUT2D eigenvalue weighted by Gasteiger charge is -2.50. The van der Waals surface area contributed by atoms with Crippen molar-refractivity contribution >= 4 is 52.5 Å². The molecule has 3 aromatic rings. The molecule has 1 N–H and O–H groups in total. The quantitative estimate of drug-likeness (QED) is 0.195. The van der Waals surface area contributed by atoms with Gasteiger partial charge >= 0.3 is 0 Å². The number of ether oxygens (including phenoxy) is 1. The fourth-order valence-electron chi connectivity index (χ4n) is 9.20. The number of anilines is 1. The summed E-state index contributed by atoms with van der Waals surface area (Å²) in [7, 11) is 1.46. The van der Waals surface area contributed by atoms with Crippen LogP contribution >= 0.6 is 23.2 Å². The molecule has 4 amide bonds. The molecule has 5 aliphatic rings. The fraction of sp³-hybridized carbons (Fsp3) is 0.385. The molecular weight excluding hydrogens is 696 g/mol. The van der Waals surface area contributed by atoms with Gasteiger partial charge in [0.1, 0.15) is 17.3 Å². The Balaban J connectivity index is 1.16. The second-order valence-corrected chi connectivity index (χ2v) is 15.5. The van der Waals surface area contributed by atoms with Gasteiger partial charge < -0.3 is 9.84 Å². The zero-order valence-corrected chi connectivity index (χ0v) is 29.3. The van der Waals surface area contributed by atoms with Gasteiger partial charge in [0.25, 0.3) is 11.8 Å². The highest BCUT2D eigenvalue weighted by Crippen LogP contribution is 2.66. The Kier molecular flexibility index (Phi) is 8.27.